The molecule has 0 radical (unpaired) electrons. The second-order valence-corrected chi connectivity index (χ2v) is 19.0. The minimum absolute atomic E-state index is 0. The van der Waals surface area contributed by atoms with Gasteiger partial charge in [0.1, 0.15) is 33.9 Å². The Labute approximate surface area is 507 Å². The van der Waals surface area contributed by atoms with Gasteiger partial charge >= 0.3 is 43.7 Å². The molecule has 1 aliphatic rings. The molecule has 30 nitrogen and oxygen atoms in total. The van der Waals surface area contributed by atoms with Crippen LogP contribution >= 0.6 is 0 Å². The van der Waals surface area contributed by atoms with Crippen molar-refractivity contribution in [2.24, 2.45) is 0 Å². The first-order valence-corrected chi connectivity index (χ1v) is 26.4. The van der Waals surface area contributed by atoms with Crippen LogP contribution in [0.4, 0.5) is 0 Å². The first-order chi connectivity index (χ1) is 39.5. The number of aromatic nitrogens is 4. The molecule has 0 spiro atoms. The number of pyridine rings is 4. The van der Waals surface area contributed by atoms with E-state index in [9.17, 15) is 88.0 Å². The Hall–Kier alpha value is -8.64. The second-order valence-electron chi connectivity index (χ2n) is 19.0. The van der Waals surface area contributed by atoms with E-state index in [0.29, 0.717) is 6.42 Å². The van der Waals surface area contributed by atoms with Gasteiger partial charge in [0.15, 0.2) is 11.6 Å². The van der Waals surface area contributed by atoms with E-state index in [1.54, 1.807) is 6.92 Å². The van der Waals surface area contributed by atoms with E-state index in [2.05, 4.69) is 26.6 Å². The number of ether oxygens (including phenoxy) is 1. The molecule has 0 aliphatic heterocycles. The van der Waals surface area contributed by atoms with E-state index in [-0.39, 0.29) is 167 Å². The van der Waals surface area contributed by atoms with Gasteiger partial charge in [-0.05, 0) is 87.8 Å². The van der Waals surface area contributed by atoms with E-state index in [4.69, 9.17) is 4.74 Å². The molecule has 5 rings (SSSR count). The van der Waals surface area contributed by atoms with Crippen LogP contribution in [0.3, 0.4) is 0 Å². The summed E-state index contributed by atoms with van der Waals surface area (Å²) >= 11 is 0. The van der Waals surface area contributed by atoms with Gasteiger partial charge in [-0.2, -0.15) is 0 Å². The first-order valence-electron chi connectivity index (χ1n) is 26.4. The smallest absolute Gasteiger partial charge is 0.803 e. The predicted octanol–water partition coefficient (Wildman–Crippen LogP) is -0.880. The zero-order valence-corrected chi connectivity index (χ0v) is 48.2. The largest absolute Gasteiger partial charge is 2.00 e. The van der Waals surface area contributed by atoms with Gasteiger partial charge in [-0.25, -0.2) is 0 Å². The van der Waals surface area contributed by atoms with Crippen molar-refractivity contribution in [3.63, 3.8) is 0 Å². The molecule has 1 aliphatic carbocycles. The minimum Gasteiger partial charge on any atom is -0.803 e. The third-order valence-corrected chi connectivity index (χ3v) is 12.9. The molecule has 4 heterocycles. The number of esters is 1. The fourth-order valence-corrected chi connectivity index (χ4v) is 8.34. The molecule has 7 amide bonds. The maximum absolute atomic E-state index is 13.6. The summed E-state index contributed by atoms with van der Waals surface area (Å²) in [7, 11) is 1.40. The number of nitrogens with one attached hydrogen (secondary N) is 5. The first kappa shape index (κ1) is 67.9. The van der Waals surface area contributed by atoms with Crippen LogP contribution in [-0.4, -0.2) is 190 Å². The normalized spacial score (nSPS) is 12.3. The fraction of sp³-hybridized carbons (Fsp3) is 0.434. The second kappa shape index (κ2) is 32.9. The Kier molecular flexibility index (Phi) is 26.5. The van der Waals surface area contributed by atoms with E-state index in [1.807, 2.05) is 0 Å². The van der Waals surface area contributed by atoms with Gasteiger partial charge in [-0.3, -0.25) is 67.1 Å². The van der Waals surface area contributed by atoms with Gasteiger partial charge in [0.2, 0.25) is 23.1 Å². The van der Waals surface area contributed by atoms with E-state index < -0.39 is 134 Å². The van der Waals surface area contributed by atoms with Crippen LogP contribution in [0.2, 0.25) is 0 Å². The number of carbonyl (C=O) groups is 10. The topological polar surface area (TPSA) is 427 Å². The van der Waals surface area contributed by atoms with Gasteiger partial charge in [0.05, 0.1) is 0 Å². The summed E-state index contributed by atoms with van der Waals surface area (Å²) in [5, 5.41) is 63.3. The number of amides is 7. The molecule has 84 heavy (non-hydrogen) atoms. The van der Waals surface area contributed by atoms with E-state index >= 15 is 0 Å². The van der Waals surface area contributed by atoms with Crippen LogP contribution in [0, 0.1) is 20.8 Å². The number of nitrogens with zero attached hydrogens (tertiary/aromatic N) is 6. The summed E-state index contributed by atoms with van der Waals surface area (Å²) < 4.78 is 4.19. The number of carbonyl (C=O) groups excluding carboxylic acids is 10. The molecule has 1 saturated carbocycles. The average Bonchev–Trinajstić information content (AvgIpc) is 3.83. The molecule has 0 bridgehead atoms. The van der Waals surface area contributed by atoms with Crippen molar-refractivity contribution in [1.29, 1.82) is 0 Å². The van der Waals surface area contributed by atoms with Crippen LogP contribution in [0.1, 0.15) is 147 Å². The van der Waals surface area contributed by atoms with Gasteiger partial charge < -0.3 is 80.9 Å². The molecule has 0 unspecified atom stereocenters. The Morgan fingerprint density at radius 3 is 1.67 bits per heavy atom. The van der Waals surface area contributed by atoms with Gasteiger partial charge in [0, 0.05) is 96.7 Å². The number of Topliss-reactive ketones (excluding diaryl/α,β-unsaturated/α-hetero) is 2. The van der Waals surface area contributed by atoms with Gasteiger partial charge in [-0.15, -0.1) is 0 Å². The van der Waals surface area contributed by atoms with Crippen molar-refractivity contribution in [3.8, 4) is 0 Å². The quantitative estimate of drug-likeness (QED) is 0.0183. The van der Waals surface area contributed by atoms with Gasteiger partial charge in [-0.1, -0.05) is 19.1 Å². The Morgan fingerprint density at radius 1 is 0.560 bits per heavy atom. The molecular weight excluding hydrogens is 1130 g/mol. The third kappa shape index (κ3) is 18.7. The molecule has 446 valence electrons. The van der Waals surface area contributed by atoms with E-state index in [0.717, 1.165) is 42.5 Å². The van der Waals surface area contributed by atoms with Crippen molar-refractivity contribution >= 4 is 96.6 Å². The third-order valence-electron chi connectivity index (χ3n) is 12.9. The van der Waals surface area contributed by atoms with Crippen LogP contribution in [-0.2, 0) is 23.9 Å². The molecule has 31 heteroatoms. The number of hydrogen-bond donors (Lipinski definition) is 5. The summed E-state index contributed by atoms with van der Waals surface area (Å²) in [6.45, 7) is 1.35. The Morgan fingerprint density at radius 2 is 1.08 bits per heavy atom. The molecule has 0 saturated heterocycles. The molecule has 4 aromatic rings. The van der Waals surface area contributed by atoms with Crippen LogP contribution in [0.25, 0.3) is 0 Å². The number of ketones is 2. The van der Waals surface area contributed by atoms with Crippen molar-refractivity contribution in [3.05, 3.63) is 157 Å². The predicted molar refractivity (Wildman–Crippen MR) is 299 cm³/mol. The average molecular weight is 1200 g/mol. The molecule has 4 aromatic heterocycles. The van der Waals surface area contributed by atoms with Crippen LogP contribution in [0.15, 0.2) is 79.8 Å². The summed E-state index contributed by atoms with van der Waals surface area (Å²) in [6, 6.07) is 9.46. The summed E-state index contributed by atoms with van der Waals surface area (Å²) in [5.74, 6) is -7.91. The molecule has 1 atom stereocenters. The Bertz CT molecular complexity index is 3340. The summed E-state index contributed by atoms with van der Waals surface area (Å²) in [4.78, 5) is 179. The summed E-state index contributed by atoms with van der Waals surface area (Å²) in [6.07, 6.45) is -0.158. The monoisotopic (exact) mass is 1200 g/mol. The minimum atomic E-state index is -1.45. The number of hydrogen-bond acceptors (Lipinski definition) is 19. The SMILES string of the molecule is CCCNC(=O)c1ccc(C(=O)NC[C@H](CCCCNC(=O)CCCC(=O)OC2C(=O)CCC2=O)NC(=O)c2ccc(C(=O)NCCCN(CCCCN(C)C(=O)c3cccc(=O)n3[O-])C(=O)c3cccc(=O)n3[O-])c(=O)n2[O-])n([O-])c1=O.[Ca+2]. The van der Waals surface area contributed by atoms with Crippen molar-refractivity contribution in [2.45, 2.75) is 96.1 Å². The molecule has 1 fully saturated rings. The maximum atomic E-state index is 13.6. The van der Waals surface area contributed by atoms with Crippen molar-refractivity contribution in [2.75, 3.05) is 52.9 Å². The fourth-order valence-electron chi connectivity index (χ4n) is 8.34. The van der Waals surface area contributed by atoms with Crippen molar-refractivity contribution in [1.82, 2.24) is 55.3 Å². The Balaban J connectivity index is 0.0000151. The zero-order chi connectivity index (χ0) is 60.9. The van der Waals surface area contributed by atoms with E-state index in [1.165, 1.54) is 35.0 Å². The number of unbranched alkanes of at least 4 members (excludes halogenated alkanes) is 2. The molecule has 5 N–H and O–H groups in total. The molecular formula is C53H61CaN11O19-2. The number of rotatable bonds is 30. The zero-order valence-electron chi connectivity index (χ0n) is 46.0. The van der Waals surface area contributed by atoms with Crippen molar-refractivity contribution < 1.29 is 52.7 Å². The maximum Gasteiger partial charge on any atom is 2.00 e. The standard InChI is InChI=1S/C53H61N11O19.Ca/c1-3-25-55-46(71)33-19-21-35(63(81)50(33)75)48(73)57-31-32(12-4-5-26-54-41(67)15-10-18-44(70)83-45-39(65)23-24-40(45)66)58-49(74)36-22-20-34(51(76)64(36)82)47(72)56-27-11-30-60(53(78)38-14-9-17-43(69)62(38)80)29-7-6-28-59(2)52(77)37-13-8-16-42(68)61(37)79;/h8-9,13-14,16-17,19-22,32,45H,3-7,10-12,15,18,23-31H2,1-2H3,(H,54,67)(H,55,71)(H,56,72)(H,57,73)(H,58,74);/q-4;+2/t32-;/m0./s1. The van der Waals surface area contributed by atoms with Gasteiger partial charge in [0.25, 0.3) is 46.6 Å². The van der Waals surface area contributed by atoms with Crippen LogP contribution < -0.4 is 48.8 Å². The van der Waals surface area contributed by atoms with Crippen LogP contribution in [0.5, 0.6) is 0 Å². The summed E-state index contributed by atoms with van der Waals surface area (Å²) in [5.41, 5.74) is -8.25. The molecule has 0 aromatic carbocycles.